The Morgan fingerprint density at radius 2 is 1.87 bits per heavy atom. The summed E-state index contributed by atoms with van der Waals surface area (Å²) in [7, 11) is 2.08. The first kappa shape index (κ1) is 16.6. The number of hydrogen-bond acceptors (Lipinski definition) is 6. The second-order valence-corrected chi connectivity index (χ2v) is 7.46. The van der Waals surface area contributed by atoms with Gasteiger partial charge < -0.3 is 15.6 Å². The Labute approximate surface area is 141 Å². The van der Waals surface area contributed by atoms with Crippen LogP contribution in [0.1, 0.15) is 43.8 Å². The van der Waals surface area contributed by atoms with E-state index in [1.165, 1.54) is 31.0 Å². The normalized spacial score (nSPS) is 20.8. The lowest BCUT2D eigenvalue weighted by Crippen LogP contribution is -2.47. The van der Waals surface area contributed by atoms with Crippen molar-refractivity contribution in [3.8, 4) is 0 Å². The zero-order valence-electron chi connectivity index (χ0n) is 13.8. The van der Waals surface area contributed by atoms with E-state index < -0.39 is 0 Å². The molecule has 0 aromatic carbocycles. The number of nitrogens with two attached hydrogens (primary N) is 1. The molecule has 1 saturated heterocycles. The molecule has 1 amide bonds. The predicted molar refractivity (Wildman–Crippen MR) is 90.8 cm³/mol. The van der Waals surface area contributed by atoms with Crippen molar-refractivity contribution in [1.82, 2.24) is 24.7 Å². The van der Waals surface area contributed by atoms with Gasteiger partial charge in [0.25, 0.3) is 0 Å². The summed E-state index contributed by atoms with van der Waals surface area (Å²) >= 11 is 1.39. The molecule has 1 aromatic rings. The van der Waals surface area contributed by atoms with Crippen LogP contribution in [-0.4, -0.2) is 69.6 Å². The van der Waals surface area contributed by atoms with Crippen molar-refractivity contribution in [2.24, 2.45) is 0 Å². The van der Waals surface area contributed by atoms with Crippen molar-refractivity contribution in [2.45, 2.75) is 43.2 Å². The van der Waals surface area contributed by atoms with Gasteiger partial charge in [-0.15, -0.1) is 10.2 Å². The van der Waals surface area contributed by atoms with Crippen molar-refractivity contribution < 1.29 is 4.79 Å². The molecule has 2 heterocycles. The number of thioether (sulfide) groups is 1. The maximum Gasteiger partial charge on any atom is 0.233 e. The lowest BCUT2D eigenvalue weighted by molar-refractivity contribution is -0.129. The molecule has 2 N–H and O–H groups in total. The van der Waals surface area contributed by atoms with Crippen LogP contribution in [0.2, 0.25) is 0 Å². The quantitative estimate of drug-likeness (QED) is 0.649. The number of carbonyl (C=O) groups excluding carboxylic acids is 1. The number of nitrogen functional groups attached to an aromatic ring is 1. The lowest BCUT2D eigenvalue weighted by Gasteiger charge is -2.32. The lowest BCUT2D eigenvalue weighted by atomic mass is 9.89. The van der Waals surface area contributed by atoms with E-state index in [1.54, 1.807) is 4.68 Å². The van der Waals surface area contributed by atoms with Gasteiger partial charge in [0.15, 0.2) is 5.82 Å². The van der Waals surface area contributed by atoms with Crippen molar-refractivity contribution in [3.63, 3.8) is 0 Å². The molecule has 1 aromatic heterocycles. The molecule has 3 rings (SSSR count). The van der Waals surface area contributed by atoms with E-state index in [4.69, 9.17) is 5.84 Å². The van der Waals surface area contributed by atoms with Crippen molar-refractivity contribution in [2.75, 3.05) is 44.8 Å². The minimum atomic E-state index is 0.158. The van der Waals surface area contributed by atoms with E-state index >= 15 is 0 Å². The second kappa shape index (κ2) is 7.53. The zero-order chi connectivity index (χ0) is 16.2. The molecule has 0 spiro atoms. The Hall–Kier alpha value is -1.28. The van der Waals surface area contributed by atoms with E-state index in [1.807, 2.05) is 4.90 Å². The number of hydrogen-bond donors (Lipinski definition) is 1. The van der Waals surface area contributed by atoms with Crippen LogP contribution in [0, 0.1) is 0 Å². The van der Waals surface area contributed by atoms with Crippen molar-refractivity contribution in [1.29, 1.82) is 0 Å². The second-order valence-electron chi connectivity index (χ2n) is 6.52. The number of piperazine rings is 1. The highest BCUT2D eigenvalue weighted by Gasteiger charge is 2.24. The largest absolute Gasteiger partial charge is 0.339 e. The molecule has 8 heteroatoms. The first-order chi connectivity index (χ1) is 11.1. The molecule has 23 heavy (non-hydrogen) atoms. The highest BCUT2D eigenvalue weighted by atomic mass is 32.2. The maximum atomic E-state index is 12.3. The highest BCUT2D eigenvalue weighted by Crippen LogP contribution is 2.32. The number of rotatable bonds is 4. The fourth-order valence-corrected chi connectivity index (χ4v) is 4.07. The van der Waals surface area contributed by atoms with Gasteiger partial charge in [-0.3, -0.25) is 4.79 Å². The molecule has 0 radical (unpaired) electrons. The number of aromatic nitrogens is 3. The number of carbonyl (C=O) groups is 1. The Morgan fingerprint density at radius 3 is 2.57 bits per heavy atom. The minimum absolute atomic E-state index is 0.158. The summed E-state index contributed by atoms with van der Waals surface area (Å²) in [6.45, 7) is 3.49. The fraction of sp³-hybridized carbons (Fsp3) is 0.800. The van der Waals surface area contributed by atoms with E-state index in [0.29, 0.717) is 16.8 Å². The summed E-state index contributed by atoms with van der Waals surface area (Å²) in [5.74, 6) is 7.99. The summed E-state index contributed by atoms with van der Waals surface area (Å²) in [5.41, 5.74) is 0. The SMILES string of the molecule is CN1CCN(C(=O)CSc2nnc(C3CCCCC3)n2N)CC1. The number of amides is 1. The molecule has 2 fully saturated rings. The predicted octanol–water partition coefficient (Wildman–Crippen LogP) is 0.906. The third-order valence-corrected chi connectivity index (χ3v) is 5.77. The molecule has 0 bridgehead atoms. The van der Waals surface area contributed by atoms with Gasteiger partial charge in [0, 0.05) is 32.1 Å². The van der Waals surface area contributed by atoms with Crippen molar-refractivity contribution in [3.05, 3.63) is 5.82 Å². The first-order valence-corrected chi connectivity index (χ1v) is 9.43. The van der Waals surface area contributed by atoms with Gasteiger partial charge in [0.05, 0.1) is 5.75 Å². The Kier molecular flexibility index (Phi) is 5.42. The van der Waals surface area contributed by atoms with E-state index in [0.717, 1.165) is 44.8 Å². The van der Waals surface area contributed by atoms with Crippen LogP contribution >= 0.6 is 11.8 Å². The van der Waals surface area contributed by atoms with E-state index in [9.17, 15) is 4.79 Å². The summed E-state index contributed by atoms with van der Waals surface area (Å²) < 4.78 is 1.60. The monoisotopic (exact) mass is 338 g/mol. The zero-order valence-corrected chi connectivity index (χ0v) is 14.6. The van der Waals surface area contributed by atoms with Crippen LogP contribution in [0.5, 0.6) is 0 Å². The number of likely N-dealkylation sites (N-methyl/N-ethyl adjacent to an activating group) is 1. The average molecular weight is 338 g/mol. The van der Waals surface area contributed by atoms with Gasteiger partial charge in [-0.05, 0) is 19.9 Å². The molecule has 7 nitrogen and oxygen atoms in total. The third kappa shape index (κ3) is 3.98. The summed E-state index contributed by atoms with van der Waals surface area (Å²) in [6.07, 6.45) is 6.06. The molecule has 2 aliphatic rings. The summed E-state index contributed by atoms with van der Waals surface area (Å²) in [6, 6.07) is 0. The van der Waals surface area contributed by atoms with Crippen LogP contribution in [0.25, 0.3) is 0 Å². The van der Waals surface area contributed by atoms with E-state index in [2.05, 4.69) is 22.1 Å². The first-order valence-electron chi connectivity index (χ1n) is 8.44. The number of nitrogens with zero attached hydrogens (tertiary/aromatic N) is 5. The highest BCUT2D eigenvalue weighted by molar-refractivity contribution is 7.99. The van der Waals surface area contributed by atoms with Gasteiger partial charge in [0.2, 0.25) is 11.1 Å². The topological polar surface area (TPSA) is 80.3 Å². The van der Waals surface area contributed by atoms with Gasteiger partial charge >= 0.3 is 0 Å². The molecule has 128 valence electrons. The molecule has 1 aliphatic carbocycles. The van der Waals surface area contributed by atoms with Crippen LogP contribution in [0.15, 0.2) is 5.16 Å². The van der Waals surface area contributed by atoms with Crippen LogP contribution in [-0.2, 0) is 4.79 Å². The standard InChI is InChI=1S/C15H26N6OS/c1-19-7-9-20(10-8-19)13(22)11-23-15-18-17-14(21(15)16)12-5-3-2-4-6-12/h12H,2-11,16H2,1H3. The third-order valence-electron chi connectivity index (χ3n) is 4.84. The molecule has 0 atom stereocenters. The fourth-order valence-electron chi connectivity index (χ4n) is 3.30. The Morgan fingerprint density at radius 1 is 1.17 bits per heavy atom. The molecular formula is C15H26N6OS. The van der Waals surface area contributed by atoms with Crippen molar-refractivity contribution >= 4 is 17.7 Å². The van der Waals surface area contributed by atoms with Gasteiger partial charge in [-0.2, -0.15) is 0 Å². The Bertz CT molecular complexity index is 534. The average Bonchev–Trinajstić information content (AvgIpc) is 2.95. The maximum absolute atomic E-state index is 12.3. The molecular weight excluding hydrogens is 312 g/mol. The molecule has 0 unspecified atom stereocenters. The summed E-state index contributed by atoms with van der Waals surface area (Å²) in [4.78, 5) is 16.4. The van der Waals surface area contributed by atoms with Gasteiger partial charge in [-0.25, -0.2) is 4.68 Å². The summed E-state index contributed by atoms with van der Waals surface area (Å²) in [5, 5.41) is 9.11. The van der Waals surface area contributed by atoms with Gasteiger partial charge in [-0.1, -0.05) is 31.0 Å². The van der Waals surface area contributed by atoms with Crippen LogP contribution in [0.3, 0.4) is 0 Å². The smallest absolute Gasteiger partial charge is 0.233 e. The minimum Gasteiger partial charge on any atom is -0.339 e. The van der Waals surface area contributed by atoms with Crippen LogP contribution in [0.4, 0.5) is 0 Å². The Balaban J connectivity index is 1.54. The van der Waals surface area contributed by atoms with E-state index in [-0.39, 0.29) is 5.91 Å². The van der Waals surface area contributed by atoms with Crippen LogP contribution < -0.4 is 5.84 Å². The molecule has 1 saturated carbocycles. The molecule has 1 aliphatic heterocycles. The van der Waals surface area contributed by atoms with Gasteiger partial charge in [0.1, 0.15) is 0 Å².